The third kappa shape index (κ3) is 3.24. The lowest BCUT2D eigenvalue weighted by Gasteiger charge is -2.20. The van der Waals surface area contributed by atoms with Crippen LogP contribution < -0.4 is 16.2 Å². The number of benzene rings is 4. The van der Waals surface area contributed by atoms with Crippen molar-refractivity contribution in [3.63, 3.8) is 0 Å². The molecule has 0 saturated heterocycles. The van der Waals surface area contributed by atoms with Crippen LogP contribution in [0.5, 0.6) is 0 Å². The zero-order chi connectivity index (χ0) is 19.6. The molecule has 0 aliphatic heterocycles. The van der Waals surface area contributed by atoms with E-state index in [0.29, 0.717) is 5.69 Å². The Balaban J connectivity index is 1.85. The van der Waals surface area contributed by atoms with E-state index in [1.807, 2.05) is 77.4 Å². The second kappa shape index (κ2) is 7.62. The van der Waals surface area contributed by atoms with E-state index in [9.17, 15) is 4.39 Å². The number of hydrogen-bond acceptors (Lipinski definition) is 1. The second-order valence-electron chi connectivity index (χ2n) is 6.69. The summed E-state index contributed by atoms with van der Waals surface area (Å²) in [6.45, 7) is 0. The van der Waals surface area contributed by atoms with Crippen LogP contribution in [0.25, 0.3) is 16.7 Å². The zero-order valence-electron chi connectivity index (χ0n) is 15.6. The van der Waals surface area contributed by atoms with Crippen molar-refractivity contribution in [2.24, 2.45) is 0 Å². The molecule has 0 spiro atoms. The maximum Gasteiger partial charge on any atom is 0.147 e. The van der Waals surface area contributed by atoms with Crippen LogP contribution in [0.2, 0.25) is 0 Å². The standard InChI is InChI=1S/C25H18FN2P/c26-21-15-7-9-17-23(21)28-24-18-10-8-16-22(24)27-25(28)29(19-11-3-1-4-12-19)20-13-5-2-6-14-20/h1-18H. The van der Waals surface area contributed by atoms with Crippen molar-refractivity contribution in [1.29, 1.82) is 0 Å². The van der Waals surface area contributed by atoms with E-state index in [4.69, 9.17) is 4.98 Å². The van der Waals surface area contributed by atoms with Crippen molar-refractivity contribution in [1.82, 2.24) is 9.55 Å². The highest BCUT2D eigenvalue weighted by atomic mass is 31.1. The first-order valence-corrected chi connectivity index (χ1v) is 10.8. The fraction of sp³-hybridized carbons (Fsp3) is 0. The van der Waals surface area contributed by atoms with Gasteiger partial charge in [0.15, 0.2) is 0 Å². The summed E-state index contributed by atoms with van der Waals surface area (Å²) in [6, 6.07) is 35.6. The molecule has 4 heteroatoms. The summed E-state index contributed by atoms with van der Waals surface area (Å²) in [5.74, 6) is -0.257. The molecule has 0 N–H and O–H groups in total. The molecule has 0 radical (unpaired) electrons. The number of aromatic nitrogens is 2. The Morgan fingerprint density at radius 1 is 0.621 bits per heavy atom. The van der Waals surface area contributed by atoms with Crippen LogP contribution in [-0.4, -0.2) is 9.55 Å². The molecule has 140 valence electrons. The first-order chi connectivity index (χ1) is 14.3. The van der Waals surface area contributed by atoms with Crippen molar-refractivity contribution in [3.05, 3.63) is 115 Å². The Labute approximate surface area is 170 Å². The van der Waals surface area contributed by atoms with Crippen molar-refractivity contribution in [2.75, 3.05) is 0 Å². The van der Waals surface area contributed by atoms with Crippen LogP contribution >= 0.6 is 7.92 Å². The second-order valence-corrected chi connectivity index (χ2v) is 8.80. The van der Waals surface area contributed by atoms with Gasteiger partial charge in [0.25, 0.3) is 0 Å². The van der Waals surface area contributed by atoms with Crippen molar-refractivity contribution < 1.29 is 4.39 Å². The smallest absolute Gasteiger partial charge is 0.147 e. The molecule has 2 nitrogen and oxygen atoms in total. The SMILES string of the molecule is Fc1ccccc1-n1c(P(c2ccccc2)c2ccccc2)nc2ccccc21. The first kappa shape index (κ1) is 17.8. The molecular formula is C25H18FN2P. The molecule has 1 aromatic heterocycles. The fourth-order valence-electron chi connectivity index (χ4n) is 3.57. The van der Waals surface area contributed by atoms with Crippen LogP contribution in [0.3, 0.4) is 0 Å². The first-order valence-electron chi connectivity index (χ1n) is 9.45. The predicted molar refractivity (Wildman–Crippen MR) is 120 cm³/mol. The number of nitrogens with zero attached hydrogens (tertiary/aromatic N) is 2. The Bertz CT molecular complexity index is 1230. The van der Waals surface area contributed by atoms with Gasteiger partial charge in [0.05, 0.1) is 16.7 Å². The van der Waals surface area contributed by atoms with Gasteiger partial charge >= 0.3 is 0 Å². The summed E-state index contributed by atoms with van der Waals surface area (Å²) in [7, 11) is -0.964. The van der Waals surface area contributed by atoms with E-state index in [1.54, 1.807) is 6.07 Å². The third-order valence-corrected chi connectivity index (χ3v) is 7.19. The Morgan fingerprint density at radius 2 is 1.17 bits per heavy atom. The number of rotatable bonds is 4. The Kier molecular flexibility index (Phi) is 4.67. The van der Waals surface area contributed by atoms with Gasteiger partial charge in [0.1, 0.15) is 11.4 Å². The van der Waals surface area contributed by atoms with Crippen molar-refractivity contribution >= 4 is 35.1 Å². The molecule has 0 bridgehead atoms. The van der Waals surface area contributed by atoms with E-state index < -0.39 is 7.92 Å². The number of hydrogen-bond donors (Lipinski definition) is 0. The van der Waals surface area contributed by atoms with Gasteiger partial charge in [-0.2, -0.15) is 0 Å². The Hall–Kier alpha value is -3.29. The molecular weight excluding hydrogens is 378 g/mol. The predicted octanol–water partition coefficient (Wildman–Crippen LogP) is 4.92. The fourth-order valence-corrected chi connectivity index (χ4v) is 5.89. The average Bonchev–Trinajstić information content (AvgIpc) is 3.15. The van der Waals surface area contributed by atoms with Gasteiger partial charge in [-0.05, 0) is 34.9 Å². The zero-order valence-corrected chi connectivity index (χ0v) is 16.5. The highest BCUT2D eigenvalue weighted by molar-refractivity contribution is 7.79. The van der Waals surface area contributed by atoms with Crippen LogP contribution in [0, 0.1) is 5.82 Å². The molecule has 5 aromatic rings. The average molecular weight is 396 g/mol. The summed E-state index contributed by atoms with van der Waals surface area (Å²) in [5.41, 5.74) is 3.16. The minimum Gasteiger partial charge on any atom is -0.289 e. The normalized spacial score (nSPS) is 11.2. The van der Waals surface area contributed by atoms with Crippen molar-refractivity contribution in [2.45, 2.75) is 0 Å². The maximum atomic E-state index is 14.9. The van der Waals surface area contributed by atoms with Gasteiger partial charge in [-0.15, -0.1) is 0 Å². The highest BCUT2D eigenvalue weighted by Crippen LogP contribution is 2.35. The van der Waals surface area contributed by atoms with Gasteiger partial charge in [0, 0.05) is 7.92 Å². The quantitative estimate of drug-likeness (QED) is 0.394. The number of halogens is 1. The molecule has 0 atom stereocenters. The molecule has 1 heterocycles. The van der Waals surface area contributed by atoms with Gasteiger partial charge in [-0.1, -0.05) is 84.9 Å². The largest absolute Gasteiger partial charge is 0.289 e. The number of imidazole rings is 1. The van der Waals surface area contributed by atoms with E-state index in [0.717, 1.165) is 16.6 Å². The molecule has 0 amide bonds. The maximum absolute atomic E-state index is 14.9. The molecule has 29 heavy (non-hydrogen) atoms. The molecule has 0 unspecified atom stereocenters. The van der Waals surface area contributed by atoms with E-state index in [1.165, 1.54) is 16.7 Å². The number of fused-ring (bicyclic) bond motifs is 1. The van der Waals surface area contributed by atoms with Crippen LogP contribution in [-0.2, 0) is 0 Å². The van der Waals surface area contributed by atoms with Crippen LogP contribution in [0.4, 0.5) is 4.39 Å². The monoisotopic (exact) mass is 396 g/mol. The molecule has 4 aromatic carbocycles. The summed E-state index contributed by atoms with van der Waals surface area (Å²) < 4.78 is 16.9. The lowest BCUT2D eigenvalue weighted by atomic mass is 10.2. The van der Waals surface area contributed by atoms with E-state index in [2.05, 4.69) is 24.3 Å². The lowest BCUT2D eigenvalue weighted by molar-refractivity contribution is 0.620. The van der Waals surface area contributed by atoms with Crippen molar-refractivity contribution in [3.8, 4) is 5.69 Å². The van der Waals surface area contributed by atoms with Crippen LogP contribution in [0.1, 0.15) is 0 Å². The van der Waals surface area contributed by atoms with Gasteiger partial charge in [-0.25, -0.2) is 9.37 Å². The molecule has 0 fully saturated rings. The van der Waals surface area contributed by atoms with Gasteiger partial charge in [0.2, 0.25) is 0 Å². The third-order valence-electron chi connectivity index (χ3n) is 4.87. The summed E-state index contributed by atoms with van der Waals surface area (Å²) in [5, 5.41) is 2.36. The molecule has 0 aliphatic rings. The molecule has 0 aliphatic carbocycles. The topological polar surface area (TPSA) is 17.8 Å². The summed E-state index contributed by atoms with van der Waals surface area (Å²) >= 11 is 0. The highest BCUT2D eigenvalue weighted by Gasteiger charge is 2.25. The number of para-hydroxylation sites is 3. The van der Waals surface area contributed by atoms with E-state index >= 15 is 0 Å². The molecule has 5 rings (SSSR count). The molecule has 0 saturated carbocycles. The minimum atomic E-state index is -0.964. The lowest BCUT2D eigenvalue weighted by Crippen LogP contribution is -2.27. The Morgan fingerprint density at radius 3 is 1.83 bits per heavy atom. The van der Waals surface area contributed by atoms with Gasteiger partial charge in [-0.3, -0.25) is 4.57 Å². The summed E-state index contributed by atoms with van der Waals surface area (Å²) in [6.07, 6.45) is 0. The minimum absolute atomic E-state index is 0.257. The summed E-state index contributed by atoms with van der Waals surface area (Å²) in [4.78, 5) is 5.01. The van der Waals surface area contributed by atoms with Gasteiger partial charge < -0.3 is 0 Å². The van der Waals surface area contributed by atoms with Crippen LogP contribution in [0.15, 0.2) is 109 Å². The van der Waals surface area contributed by atoms with E-state index in [-0.39, 0.29) is 5.82 Å².